The van der Waals surface area contributed by atoms with Crippen molar-refractivity contribution in [2.24, 2.45) is 0 Å². The van der Waals surface area contributed by atoms with E-state index in [2.05, 4.69) is 4.98 Å². The number of nitrogens with zero attached hydrogens (tertiary/aromatic N) is 2. The van der Waals surface area contributed by atoms with E-state index in [1.165, 1.54) is 0 Å². The van der Waals surface area contributed by atoms with Crippen molar-refractivity contribution in [1.29, 1.82) is 0 Å². The molecule has 0 fully saturated rings. The van der Waals surface area contributed by atoms with Crippen molar-refractivity contribution >= 4 is 5.97 Å². The summed E-state index contributed by atoms with van der Waals surface area (Å²) in [4.78, 5) is 16.7. The number of aromatic nitrogens is 2. The number of carbonyl (C=O) groups excluding carboxylic acids is 1. The van der Waals surface area contributed by atoms with E-state index in [1.807, 2.05) is 0 Å². The van der Waals surface area contributed by atoms with E-state index in [0.29, 0.717) is 17.1 Å². The summed E-state index contributed by atoms with van der Waals surface area (Å²) in [5.41, 5.74) is -0.676. The van der Waals surface area contributed by atoms with Crippen LogP contribution in [0.4, 0.5) is 0 Å². The lowest BCUT2D eigenvalue weighted by molar-refractivity contribution is -0.0794. The third-order valence-corrected chi connectivity index (χ3v) is 4.25. The van der Waals surface area contributed by atoms with Crippen molar-refractivity contribution in [3.63, 3.8) is 0 Å². The van der Waals surface area contributed by atoms with Crippen molar-refractivity contribution in [1.82, 2.24) is 9.55 Å². The summed E-state index contributed by atoms with van der Waals surface area (Å²) in [6, 6.07) is 13.9. The van der Waals surface area contributed by atoms with Gasteiger partial charge in [0.25, 0.3) is 0 Å². The monoisotopic (exact) mass is 382 g/mol. The van der Waals surface area contributed by atoms with Gasteiger partial charge < -0.3 is 18.9 Å². The molecule has 146 valence electrons. The zero-order chi connectivity index (χ0) is 20.0. The summed E-state index contributed by atoms with van der Waals surface area (Å²) in [6.45, 7) is 1.86. The fourth-order valence-electron chi connectivity index (χ4n) is 2.57. The topological polar surface area (TPSA) is 71.8 Å². The maximum atomic E-state index is 12.7. The van der Waals surface area contributed by atoms with E-state index >= 15 is 0 Å². The first-order valence-electron chi connectivity index (χ1n) is 8.67. The molecule has 2 aromatic carbocycles. The summed E-state index contributed by atoms with van der Waals surface area (Å²) in [5, 5.41) is 0. The van der Waals surface area contributed by atoms with Crippen LogP contribution in [0.15, 0.2) is 67.3 Å². The molecule has 1 unspecified atom stereocenters. The summed E-state index contributed by atoms with van der Waals surface area (Å²) < 4.78 is 23.6. The second kappa shape index (κ2) is 8.47. The van der Waals surface area contributed by atoms with Crippen LogP contribution in [-0.2, 0) is 10.5 Å². The Balaban J connectivity index is 1.76. The SMILES string of the molecule is COc1ccc(OCC(C)(OC(=O)c2ccc(OC)cc2)n2ccnc2)cc1. The van der Waals surface area contributed by atoms with Crippen molar-refractivity contribution < 1.29 is 23.7 Å². The van der Waals surface area contributed by atoms with Crippen LogP contribution in [0.1, 0.15) is 17.3 Å². The molecule has 0 spiro atoms. The van der Waals surface area contributed by atoms with Crippen molar-refractivity contribution in [2.75, 3.05) is 20.8 Å². The van der Waals surface area contributed by atoms with Gasteiger partial charge in [0.05, 0.1) is 26.1 Å². The van der Waals surface area contributed by atoms with Gasteiger partial charge in [-0.2, -0.15) is 0 Å². The molecule has 0 bridgehead atoms. The molecule has 0 aliphatic rings. The molecule has 0 saturated heterocycles. The maximum absolute atomic E-state index is 12.7. The molecule has 3 aromatic rings. The minimum Gasteiger partial charge on any atom is -0.497 e. The molecule has 3 rings (SSSR count). The number of imidazole rings is 1. The molecular formula is C21H22N2O5. The molecule has 1 aromatic heterocycles. The molecule has 7 nitrogen and oxygen atoms in total. The van der Waals surface area contributed by atoms with E-state index < -0.39 is 11.7 Å². The normalized spacial score (nSPS) is 12.7. The number of rotatable bonds is 8. The van der Waals surface area contributed by atoms with E-state index in [-0.39, 0.29) is 6.61 Å². The second-order valence-electron chi connectivity index (χ2n) is 6.23. The van der Waals surface area contributed by atoms with Gasteiger partial charge in [-0.15, -0.1) is 0 Å². The van der Waals surface area contributed by atoms with E-state index in [9.17, 15) is 4.79 Å². The van der Waals surface area contributed by atoms with Crippen molar-refractivity contribution in [3.05, 3.63) is 72.8 Å². The molecule has 7 heteroatoms. The van der Waals surface area contributed by atoms with E-state index in [1.54, 1.807) is 93.0 Å². The lowest BCUT2D eigenvalue weighted by Gasteiger charge is -2.30. The number of hydrogen-bond acceptors (Lipinski definition) is 6. The highest BCUT2D eigenvalue weighted by Gasteiger charge is 2.32. The van der Waals surface area contributed by atoms with Gasteiger partial charge in [0.2, 0.25) is 5.72 Å². The van der Waals surface area contributed by atoms with Gasteiger partial charge in [-0.25, -0.2) is 9.78 Å². The molecule has 1 atom stereocenters. The second-order valence-corrected chi connectivity index (χ2v) is 6.23. The van der Waals surface area contributed by atoms with Crippen LogP contribution in [0.25, 0.3) is 0 Å². The molecule has 0 radical (unpaired) electrons. The molecule has 28 heavy (non-hydrogen) atoms. The fourth-order valence-corrected chi connectivity index (χ4v) is 2.57. The Kier molecular flexibility index (Phi) is 5.84. The lowest BCUT2D eigenvalue weighted by atomic mass is 10.2. The van der Waals surface area contributed by atoms with Crippen LogP contribution in [0.2, 0.25) is 0 Å². The van der Waals surface area contributed by atoms with Gasteiger partial charge in [0.1, 0.15) is 23.9 Å². The van der Waals surface area contributed by atoms with E-state index in [4.69, 9.17) is 18.9 Å². The molecule has 0 amide bonds. The number of esters is 1. The number of hydrogen-bond donors (Lipinski definition) is 0. The maximum Gasteiger partial charge on any atom is 0.340 e. The Labute approximate surface area is 163 Å². The van der Waals surface area contributed by atoms with Crippen LogP contribution >= 0.6 is 0 Å². The van der Waals surface area contributed by atoms with E-state index in [0.717, 1.165) is 5.75 Å². The molecular weight excluding hydrogens is 360 g/mol. The number of carbonyl (C=O) groups is 1. The van der Waals surface area contributed by atoms with Gasteiger partial charge in [0.15, 0.2) is 0 Å². The standard InChI is InChI=1S/C21H22N2O5/c1-21(23-13-12-22-15-23,14-27-19-10-8-18(26-3)9-11-19)28-20(24)16-4-6-17(25-2)7-5-16/h4-13,15H,14H2,1-3H3. The Morgan fingerprint density at radius 2 is 1.54 bits per heavy atom. The van der Waals surface area contributed by atoms with Crippen LogP contribution in [0.3, 0.4) is 0 Å². The predicted octanol–water partition coefficient (Wildman–Crippen LogP) is 3.51. The first-order chi connectivity index (χ1) is 13.5. The Bertz CT molecular complexity index is 892. The van der Waals surface area contributed by atoms with Crippen LogP contribution < -0.4 is 14.2 Å². The van der Waals surface area contributed by atoms with Gasteiger partial charge in [-0.3, -0.25) is 4.57 Å². The quantitative estimate of drug-likeness (QED) is 0.555. The predicted molar refractivity (Wildman–Crippen MR) is 103 cm³/mol. The lowest BCUT2D eigenvalue weighted by Crippen LogP contribution is -2.40. The highest BCUT2D eigenvalue weighted by molar-refractivity contribution is 5.89. The zero-order valence-electron chi connectivity index (χ0n) is 16.0. The van der Waals surface area contributed by atoms with Crippen LogP contribution in [0.5, 0.6) is 17.2 Å². The number of benzene rings is 2. The molecule has 0 aliphatic heterocycles. The Morgan fingerprint density at radius 3 is 2.07 bits per heavy atom. The largest absolute Gasteiger partial charge is 0.497 e. The van der Waals surface area contributed by atoms with Gasteiger partial charge in [0, 0.05) is 12.4 Å². The first-order valence-corrected chi connectivity index (χ1v) is 8.67. The average Bonchev–Trinajstić information content (AvgIpc) is 3.28. The highest BCUT2D eigenvalue weighted by Crippen LogP contribution is 2.24. The first kappa shape index (κ1) is 19.3. The summed E-state index contributed by atoms with van der Waals surface area (Å²) >= 11 is 0. The molecule has 0 aliphatic carbocycles. The van der Waals surface area contributed by atoms with Gasteiger partial charge in [-0.1, -0.05) is 0 Å². The van der Waals surface area contributed by atoms with Crippen molar-refractivity contribution in [2.45, 2.75) is 12.6 Å². The summed E-state index contributed by atoms with van der Waals surface area (Å²) in [6.07, 6.45) is 4.92. The minimum atomic E-state index is -1.09. The van der Waals surface area contributed by atoms with Crippen molar-refractivity contribution in [3.8, 4) is 17.2 Å². The van der Waals surface area contributed by atoms with Crippen LogP contribution in [-0.4, -0.2) is 36.3 Å². The third kappa shape index (κ3) is 4.43. The van der Waals surface area contributed by atoms with Crippen LogP contribution in [0, 0.1) is 0 Å². The zero-order valence-corrected chi connectivity index (χ0v) is 16.0. The van der Waals surface area contributed by atoms with Gasteiger partial charge >= 0.3 is 5.97 Å². The number of methoxy groups -OCH3 is 2. The molecule has 1 heterocycles. The fraction of sp³-hybridized carbons (Fsp3) is 0.238. The Morgan fingerprint density at radius 1 is 0.964 bits per heavy atom. The molecule has 0 N–H and O–H groups in total. The summed E-state index contributed by atoms with van der Waals surface area (Å²) in [7, 11) is 3.17. The highest BCUT2D eigenvalue weighted by atomic mass is 16.6. The smallest absolute Gasteiger partial charge is 0.340 e. The third-order valence-electron chi connectivity index (χ3n) is 4.25. The molecule has 0 saturated carbocycles. The average molecular weight is 382 g/mol. The van der Waals surface area contributed by atoms with Gasteiger partial charge in [-0.05, 0) is 55.5 Å². The Hall–Kier alpha value is -3.48. The minimum absolute atomic E-state index is 0.0948. The summed E-state index contributed by atoms with van der Waals surface area (Å²) in [5.74, 6) is 1.55. The number of ether oxygens (including phenoxy) is 4.